The zero-order valence-electron chi connectivity index (χ0n) is 7.96. The molecular formula is C11H8Br2OS. The number of hydrogen-bond acceptors (Lipinski definition) is 2. The van der Waals surface area contributed by atoms with Gasteiger partial charge in [0.15, 0.2) is 0 Å². The number of thiophene rings is 1. The molecule has 0 radical (unpaired) electrons. The van der Waals surface area contributed by atoms with E-state index in [0.29, 0.717) is 0 Å². The molecule has 0 amide bonds. The molecule has 0 bridgehead atoms. The molecule has 1 heterocycles. The third-order valence-electron chi connectivity index (χ3n) is 2.06. The van der Waals surface area contributed by atoms with Gasteiger partial charge in [0.1, 0.15) is 5.75 Å². The summed E-state index contributed by atoms with van der Waals surface area (Å²) in [4.78, 5) is 0. The Balaban J connectivity index is 2.41. The Labute approximate surface area is 109 Å². The van der Waals surface area contributed by atoms with E-state index in [9.17, 15) is 0 Å². The molecule has 0 aliphatic rings. The normalized spacial score (nSPS) is 10.3. The first-order valence-corrected chi connectivity index (χ1v) is 6.70. The molecule has 4 heteroatoms. The van der Waals surface area contributed by atoms with E-state index in [4.69, 9.17) is 4.74 Å². The van der Waals surface area contributed by atoms with Crippen molar-refractivity contribution in [2.45, 2.75) is 0 Å². The van der Waals surface area contributed by atoms with E-state index in [0.717, 1.165) is 13.3 Å². The molecule has 0 saturated heterocycles. The second-order valence-corrected chi connectivity index (χ2v) is 6.72. The molecule has 15 heavy (non-hydrogen) atoms. The summed E-state index contributed by atoms with van der Waals surface area (Å²) in [7, 11) is 1.67. The predicted octanol–water partition coefficient (Wildman–Crippen LogP) is 4.95. The lowest BCUT2D eigenvalue weighted by Crippen LogP contribution is -1.81. The van der Waals surface area contributed by atoms with Crippen molar-refractivity contribution in [3.8, 4) is 16.9 Å². The Morgan fingerprint density at radius 2 is 1.80 bits per heavy atom. The summed E-state index contributed by atoms with van der Waals surface area (Å²) in [6.07, 6.45) is 0. The minimum Gasteiger partial charge on any atom is -0.497 e. The van der Waals surface area contributed by atoms with Crippen LogP contribution in [0.25, 0.3) is 11.1 Å². The van der Waals surface area contributed by atoms with Crippen molar-refractivity contribution < 1.29 is 4.74 Å². The monoisotopic (exact) mass is 346 g/mol. The van der Waals surface area contributed by atoms with Gasteiger partial charge in [0.25, 0.3) is 0 Å². The van der Waals surface area contributed by atoms with E-state index in [-0.39, 0.29) is 0 Å². The Morgan fingerprint density at radius 1 is 1.13 bits per heavy atom. The number of methoxy groups -OCH3 is 1. The van der Waals surface area contributed by atoms with Crippen LogP contribution in [0, 0.1) is 0 Å². The highest BCUT2D eigenvalue weighted by Gasteiger charge is 2.07. The van der Waals surface area contributed by atoms with Crippen molar-refractivity contribution >= 4 is 43.2 Å². The van der Waals surface area contributed by atoms with Crippen molar-refractivity contribution in [1.29, 1.82) is 0 Å². The molecule has 0 saturated carbocycles. The van der Waals surface area contributed by atoms with Crippen LogP contribution < -0.4 is 4.74 Å². The number of benzene rings is 1. The molecule has 2 aromatic rings. The topological polar surface area (TPSA) is 9.23 Å². The maximum Gasteiger partial charge on any atom is 0.118 e. The average molecular weight is 348 g/mol. The first-order valence-electron chi connectivity index (χ1n) is 4.30. The van der Waals surface area contributed by atoms with E-state index in [1.165, 1.54) is 11.1 Å². The highest BCUT2D eigenvalue weighted by atomic mass is 79.9. The first kappa shape index (κ1) is 11.2. The molecule has 1 aromatic heterocycles. The van der Waals surface area contributed by atoms with Gasteiger partial charge in [0.05, 0.1) is 14.7 Å². The van der Waals surface area contributed by atoms with Crippen LogP contribution in [0.1, 0.15) is 0 Å². The van der Waals surface area contributed by atoms with Gasteiger partial charge in [-0.2, -0.15) is 0 Å². The molecular weight excluding hydrogens is 340 g/mol. The van der Waals surface area contributed by atoms with Gasteiger partial charge >= 0.3 is 0 Å². The molecule has 0 fully saturated rings. The molecule has 0 aliphatic carbocycles. The number of rotatable bonds is 2. The van der Waals surface area contributed by atoms with E-state index in [1.807, 2.05) is 12.1 Å². The third kappa shape index (κ3) is 2.44. The average Bonchev–Trinajstić information content (AvgIpc) is 2.58. The zero-order chi connectivity index (χ0) is 10.8. The summed E-state index contributed by atoms with van der Waals surface area (Å²) >= 11 is 8.69. The van der Waals surface area contributed by atoms with Crippen LogP contribution in [0.4, 0.5) is 0 Å². The molecule has 0 aliphatic heterocycles. The quantitative estimate of drug-likeness (QED) is 0.746. The second-order valence-electron chi connectivity index (χ2n) is 2.97. The summed E-state index contributed by atoms with van der Waals surface area (Å²) < 4.78 is 7.39. The highest BCUT2D eigenvalue weighted by molar-refractivity contribution is 9.12. The number of hydrogen-bond donors (Lipinski definition) is 0. The van der Waals surface area contributed by atoms with Crippen molar-refractivity contribution in [3.63, 3.8) is 0 Å². The summed E-state index contributed by atoms with van der Waals surface area (Å²) in [6.45, 7) is 0. The molecule has 2 rings (SSSR count). The molecule has 1 aromatic carbocycles. The summed E-state index contributed by atoms with van der Waals surface area (Å²) in [5.41, 5.74) is 2.39. The van der Waals surface area contributed by atoms with Gasteiger partial charge in [0.2, 0.25) is 0 Å². The lowest BCUT2D eigenvalue weighted by molar-refractivity contribution is 0.415. The number of ether oxygens (including phenoxy) is 1. The van der Waals surface area contributed by atoms with Crippen LogP contribution in [-0.4, -0.2) is 7.11 Å². The van der Waals surface area contributed by atoms with Crippen molar-refractivity contribution in [1.82, 2.24) is 0 Å². The maximum atomic E-state index is 5.12. The van der Waals surface area contributed by atoms with Gasteiger partial charge < -0.3 is 4.74 Å². The fraction of sp³-hybridized carbons (Fsp3) is 0.0909. The van der Waals surface area contributed by atoms with Crippen molar-refractivity contribution in [2.24, 2.45) is 0 Å². The summed E-state index contributed by atoms with van der Waals surface area (Å²) in [5.74, 6) is 0.879. The molecule has 0 spiro atoms. The van der Waals surface area contributed by atoms with Crippen LogP contribution in [0.5, 0.6) is 5.75 Å². The van der Waals surface area contributed by atoms with E-state index in [1.54, 1.807) is 18.4 Å². The Kier molecular flexibility index (Phi) is 3.49. The minimum atomic E-state index is 0.879. The van der Waals surface area contributed by atoms with Crippen LogP contribution in [0.2, 0.25) is 0 Å². The van der Waals surface area contributed by atoms with Gasteiger partial charge in [-0.05, 0) is 55.6 Å². The zero-order valence-corrected chi connectivity index (χ0v) is 11.9. The largest absolute Gasteiger partial charge is 0.497 e. The first-order chi connectivity index (χ1) is 7.20. The summed E-state index contributed by atoms with van der Waals surface area (Å²) in [5, 5.41) is 0. The van der Waals surface area contributed by atoms with E-state index < -0.39 is 0 Å². The van der Waals surface area contributed by atoms with Gasteiger partial charge in [-0.15, -0.1) is 11.3 Å². The van der Waals surface area contributed by atoms with Crippen molar-refractivity contribution in [2.75, 3.05) is 7.11 Å². The minimum absolute atomic E-state index is 0.879. The predicted molar refractivity (Wildman–Crippen MR) is 71.7 cm³/mol. The lowest BCUT2D eigenvalue weighted by atomic mass is 10.1. The van der Waals surface area contributed by atoms with Gasteiger partial charge in [-0.25, -0.2) is 0 Å². The van der Waals surface area contributed by atoms with Gasteiger partial charge in [-0.1, -0.05) is 12.1 Å². The standard InChI is InChI=1S/C11H8Br2OS/c1-14-8-4-2-7(3-5-8)9-6-10(12)15-11(9)13/h2-6H,1H3. The Bertz CT molecular complexity index is 462. The molecule has 0 unspecified atom stereocenters. The van der Waals surface area contributed by atoms with Crippen LogP contribution in [0.3, 0.4) is 0 Å². The fourth-order valence-corrected chi connectivity index (χ4v) is 4.18. The van der Waals surface area contributed by atoms with Gasteiger partial charge in [-0.3, -0.25) is 0 Å². The molecule has 0 atom stereocenters. The third-order valence-corrected chi connectivity index (χ3v) is 4.40. The summed E-state index contributed by atoms with van der Waals surface area (Å²) in [6, 6.07) is 10.1. The Morgan fingerprint density at radius 3 is 2.27 bits per heavy atom. The maximum absolute atomic E-state index is 5.12. The van der Waals surface area contributed by atoms with Crippen LogP contribution in [0.15, 0.2) is 37.9 Å². The fourth-order valence-electron chi connectivity index (χ4n) is 1.31. The SMILES string of the molecule is COc1ccc(-c2cc(Br)sc2Br)cc1. The van der Waals surface area contributed by atoms with Crippen molar-refractivity contribution in [3.05, 3.63) is 37.9 Å². The van der Waals surface area contributed by atoms with Crippen LogP contribution >= 0.6 is 43.2 Å². The highest BCUT2D eigenvalue weighted by Crippen LogP contribution is 2.38. The molecule has 0 N–H and O–H groups in total. The Hall–Kier alpha value is -0.320. The van der Waals surface area contributed by atoms with E-state index in [2.05, 4.69) is 50.1 Å². The number of halogens is 2. The lowest BCUT2D eigenvalue weighted by Gasteiger charge is -2.01. The molecule has 78 valence electrons. The smallest absolute Gasteiger partial charge is 0.118 e. The second kappa shape index (κ2) is 4.68. The molecule has 1 nitrogen and oxygen atoms in total. The van der Waals surface area contributed by atoms with Gasteiger partial charge in [0, 0.05) is 5.56 Å². The van der Waals surface area contributed by atoms with E-state index >= 15 is 0 Å². The van der Waals surface area contributed by atoms with Crippen LogP contribution in [-0.2, 0) is 0 Å².